The maximum Gasteiger partial charge on any atom is 0.311 e. The Balaban J connectivity index is 1.88. The van der Waals surface area contributed by atoms with Gasteiger partial charge in [-0.2, -0.15) is 0 Å². The van der Waals surface area contributed by atoms with Crippen molar-refractivity contribution in [3.8, 4) is 0 Å². The number of esters is 1. The second kappa shape index (κ2) is 7.47. The molecule has 1 N–H and O–H groups in total. The van der Waals surface area contributed by atoms with Crippen molar-refractivity contribution in [3.05, 3.63) is 24.3 Å². The van der Waals surface area contributed by atoms with E-state index >= 15 is 0 Å². The number of ether oxygens (including phenoxy) is 1. The molecule has 0 radical (unpaired) electrons. The largest absolute Gasteiger partial charge is 0.461 e. The minimum absolute atomic E-state index is 0.0192. The van der Waals surface area contributed by atoms with E-state index in [1.165, 1.54) is 11.8 Å². The number of hydrogen-bond donors (Lipinski definition) is 1. The van der Waals surface area contributed by atoms with Crippen LogP contribution in [0.3, 0.4) is 0 Å². The summed E-state index contributed by atoms with van der Waals surface area (Å²) < 4.78 is 4.50. The molecule has 0 aromatic heterocycles. The molecule has 0 aromatic rings. The molecule has 7 nitrogen and oxygen atoms in total. The van der Waals surface area contributed by atoms with E-state index < -0.39 is 28.7 Å². The molecule has 4 rings (SSSR count). The van der Waals surface area contributed by atoms with Crippen molar-refractivity contribution >= 4 is 29.5 Å². The van der Waals surface area contributed by atoms with Crippen LogP contribution in [0.25, 0.3) is 0 Å². The van der Waals surface area contributed by atoms with E-state index in [1.54, 1.807) is 9.80 Å². The van der Waals surface area contributed by atoms with Gasteiger partial charge in [0.1, 0.15) is 12.6 Å². The molecule has 6 atom stereocenters. The van der Waals surface area contributed by atoms with Gasteiger partial charge >= 0.3 is 5.97 Å². The molecule has 158 valence electrons. The molecule has 0 bridgehead atoms. The standard InChI is InChI=1S/C21H28N2O5S/c1-4-13(11-24)23-17-19(26)22(12(2)3)9-6-8-21(17)16(18(23)25)15-14(29-21)7-5-10-28-20(15)27/h5-8,12-17,24H,4,9-11H2,1-3H3/t13-,14+,15-,16-,17?,21-/m0/s1. The number of fused-ring (bicyclic) bond motifs is 2. The number of rotatable bonds is 4. The number of aliphatic hydroxyl groups is 1. The minimum atomic E-state index is -0.837. The summed E-state index contributed by atoms with van der Waals surface area (Å²) in [5.74, 6) is -2.03. The molecule has 2 saturated heterocycles. The van der Waals surface area contributed by atoms with E-state index in [-0.39, 0.29) is 42.3 Å². The lowest BCUT2D eigenvalue weighted by molar-refractivity contribution is -0.152. The van der Waals surface area contributed by atoms with Gasteiger partial charge in [0.2, 0.25) is 11.8 Å². The van der Waals surface area contributed by atoms with Gasteiger partial charge in [-0.05, 0) is 20.3 Å². The van der Waals surface area contributed by atoms with Crippen molar-refractivity contribution in [3.63, 3.8) is 0 Å². The van der Waals surface area contributed by atoms with Gasteiger partial charge < -0.3 is 19.6 Å². The van der Waals surface area contributed by atoms with Crippen LogP contribution in [0, 0.1) is 11.8 Å². The molecule has 1 unspecified atom stereocenters. The van der Waals surface area contributed by atoms with Gasteiger partial charge in [0.05, 0.1) is 29.2 Å². The summed E-state index contributed by atoms with van der Waals surface area (Å²) in [6, 6.07) is -1.22. The Kier molecular flexibility index (Phi) is 5.27. The van der Waals surface area contributed by atoms with Crippen LogP contribution in [0.15, 0.2) is 24.3 Å². The van der Waals surface area contributed by atoms with E-state index in [0.29, 0.717) is 13.0 Å². The number of carbonyl (C=O) groups is 3. The van der Waals surface area contributed by atoms with Crippen LogP contribution in [0.1, 0.15) is 27.2 Å². The quantitative estimate of drug-likeness (QED) is 0.539. The normalized spacial score (nSPS) is 37.2. The SMILES string of the molecule is CC[C@@H](CO)N1C(=O)[C@@H]2[C@H]3C(=O)OCC=C[C@H]3S[C@@]23C=CCN(C(C)C)C(=O)C13. The van der Waals surface area contributed by atoms with Gasteiger partial charge in [-0.25, -0.2) is 0 Å². The topological polar surface area (TPSA) is 87.2 Å². The van der Waals surface area contributed by atoms with Gasteiger partial charge in [0, 0.05) is 17.8 Å². The fourth-order valence-electron chi connectivity index (χ4n) is 5.20. The average molecular weight is 421 g/mol. The smallest absolute Gasteiger partial charge is 0.311 e. The van der Waals surface area contributed by atoms with Crippen molar-refractivity contribution in [2.45, 2.75) is 55.3 Å². The number of nitrogens with zero attached hydrogens (tertiary/aromatic N) is 2. The predicted octanol–water partition coefficient (Wildman–Crippen LogP) is 0.974. The fourth-order valence-corrected chi connectivity index (χ4v) is 7.19. The van der Waals surface area contributed by atoms with Crippen LogP contribution in [0.5, 0.6) is 0 Å². The van der Waals surface area contributed by atoms with Gasteiger partial charge in [0.25, 0.3) is 0 Å². The zero-order valence-electron chi connectivity index (χ0n) is 17.0. The third-order valence-electron chi connectivity index (χ3n) is 6.58. The van der Waals surface area contributed by atoms with Gasteiger partial charge in [0.15, 0.2) is 0 Å². The fraction of sp³-hybridized carbons (Fsp3) is 0.667. The molecule has 0 aliphatic carbocycles. The summed E-state index contributed by atoms with van der Waals surface area (Å²) in [7, 11) is 0. The zero-order chi connectivity index (χ0) is 20.9. The molecule has 0 aromatic carbocycles. The number of aliphatic hydroxyl groups excluding tert-OH is 1. The highest BCUT2D eigenvalue weighted by atomic mass is 32.2. The second-order valence-electron chi connectivity index (χ2n) is 8.38. The first-order chi connectivity index (χ1) is 13.9. The third-order valence-corrected chi connectivity index (χ3v) is 8.33. The molecule has 0 saturated carbocycles. The molecule has 8 heteroatoms. The summed E-state index contributed by atoms with van der Waals surface area (Å²) in [6.07, 6.45) is 8.22. The highest BCUT2D eigenvalue weighted by Gasteiger charge is 2.71. The van der Waals surface area contributed by atoms with Crippen molar-refractivity contribution in [2.75, 3.05) is 19.8 Å². The Morgan fingerprint density at radius 3 is 2.69 bits per heavy atom. The lowest BCUT2D eigenvalue weighted by Crippen LogP contribution is -2.57. The van der Waals surface area contributed by atoms with Crippen molar-refractivity contribution in [1.82, 2.24) is 9.80 Å². The van der Waals surface area contributed by atoms with Crippen molar-refractivity contribution in [1.29, 1.82) is 0 Å². The molecule has 29 heavy (non-hydrogen) atoms. The number of hydrogen-bond acceptors (Lipinski definition) is 6. The average Bonchev–Trinajstić information content (AvgIpc) is 2.98. The van der Waals surface area contributed by atoms with Crippen LogP contribution in [0.4, 0.5) is 0 Å². The van der Waals surface area contributed by atoms with Crippen LogP contribution >= 0.6 is 11.8 Å². The number of cyclic esters (lactones) is 1. The highest BCUT2D eigenvalue weighted by molar-refractivity contribution is 8.02. The molecule has 4 aliphatic rings. The van der Waals surface area contributed by atoms with Crippen LogP contribution in [-0.4, -0.2) is 80.6 Å². The van der Waals surface area contributed by atoms with Crippen LogP contribution < -0.4 is 0 Å². The van der Waals surface area contributed by atoms with Crippen molar-refractivity contribution < 1.29 is 24.2 Å². The first kappa shape index (κ1) is 20.5. The summed E-state index contributed by atoms with van der Waals surface area (Å²) in [4.78, 5) is 43.6. The molecular weight excluding hydrogens is 392 g/mol. The van der Waals surface area contributed by atoms with E-state index in [2.05, 4.69) is 0 Å². The maximum absolute atomic E-state index is 13.7. The van der Waals surface area contributed by atoms with Gasteiger partial charge in [-0.1, -0.05) is 31.2 Å². The maximum atomic E-state index is 13.7. The third kappa shape index (κ3) is 2.86. The number of thioether (sulfide) groups is 1. The van der Waals surface area contributed by atoms with Crippen molar-refractivity contribution in [2.24, 2.45) is 11.8 Å². The first-order valence-electron chi connectivity index (χ1n) is 10.3. The Bertz CT molecular complexity index is 777. The summed E-state index contributed by atoms with van der Waals surface area (Å²) in [5, 5.41) is 9.76. The summed E-state index contributed by atoms with van der Waals surface area (Å²) in [6.45, 7) is 6.26. The zero-order valence-corrected chi connectivity index (χ0v) is 17.8. The number of carbonyl (C=O) groups excluding carboxylic acids is 3. The summed E-state index contributed by atoms with van der Waals surface area (Å²) >= 11 is 1.52. The second-order valence-corrected chi connectivity index (χ2v) is 9.86. The Morgan fingerprint density at radius 2 is 2.03 bits per heavy atom. The molecule has 4 heterocycles. The molecule has 1 spiro atoms. The van der Waals surface area contributed by atoms with Crippen LogP contribution in [0.2, 0.25) is 0 Å². The monoisotopic (exact) mass is 420 g/mol. The first-order valence-corrected chi connectivity index (χ1v) is 11.2. The molecule has 2 fully saturated rings. The van der Waals surface area contributed by atoms with Crippen LogP contribution in [-0.2, 0) is 19.1 Å². The number of likely N-dealkylation sites (tertiary alicyclic amines) is 1. The van der Waals surface area contributed by atoms with E-state index in [4.69, 9.17) is 4.74 Å². The Morgan fingerprint density at radius 1 is 1.28 bits per heavy atom. The predicted molar refractivity (Wildman–Crippen MR) is 109 cm³/mol. The highest BCUT2D eigenvalue weighted by Crippen LogP contribution is 2.61. The van der Waals surface area contributed by atoms with E-state index in [0.717, 1.165) is 0 Å². The molecule has 2 amide bonds. The lowest BCUT2D eigenvalue weighted by Gasteiger charge is -2.39. The molecular formula is C21H28N2O5S. The molecule has 4 aliphatic heterocycles. The minimum Gasteiger partial charge on any atom is -0.461 e. The van der Waals surface area contributed by atoms with Gasteiger partial charge in [-0.3, -0.25) is 14.4 Å². The Hall–Kier alpha value is -1.80. The number of amides is 2. The van der Waals surface area contributed by atoms with Gasteiger partial charge in [-0.15, -0.1) is 11.8 Å². The van der Waals surface area contributed by atoms with E-state index in [1.807, 2.05) is 45.1 Å². The lowest BCUT2D eigenvalue weighted by atomic mass is 9.78. The summed E-state index contributed by atoms with van der Waals surface area (Å²) in [5.41, 5.74) is 0. The van der Waals surface area contributed by atoms with E-state index in [9.17, 15) is 19.5 Å². The Labute approximate surface area is 175 Å².